The molecule has 0 unspecified atom stereocenters. The highest BCUT2D eigenvalue weighted by atomic mass is 16.6. The van der Waals surface area contributed by atoms with Gasteiger partial charge in [0.05, 0.1) is 18.7 Å². The zero-order valence-electron chi connectivity index (χ0n) is 11.5. The lowest BCUT2D eigenvalue weighted by atomic mass is 9.98. The van der Waals surface area contributed by atoms with Crippen molar-refractivity contribution in [3.63, 3.8) is 0 Å². The first-order chi connectivity index (χ1) is 9.38. The van der Waals surface area contributed by atoms with Crippen LogP contribution < -0.4 is 11.2 Å². The van der Waals surface area contributed by atoms with Gasteiger partial charge in [0.1, 0.15) is 12.4 Å². The van der Waals surface area contributed by atoms with E-state index in [1.807, 2.05) is 0 Å². The summed E-state index contributed by atoms with van der Waals surface area (Å²) in [6.07, 6.45) is 2.93. The van der Waals surface area contributed by atoms with Crippen molar-refractivity contribution >= 4 is 11.7 Å². The smallest absolute Gasteiger partial charge is 0.390 e. The summed E-state index contributed by atoms with van der Waals surface area (Å²) in [5.41, 5.74) is 7.03. The average molecular weight is 285 g/mol. The lowest BCUT2D eigenvalue weighted by Gasteiger charge is -2.23. The van der Waals surface area contributed by atoms with E-state index in [2.05, 4.69) is 10.5 Å². The number of nitrogens with zero attached hydrogens (tertiary/aromatic N) is 3. The van der Waals surface area contributed by atoms with Crippen LogP contribution in [0.25, 0.3) is 0 Å². The predicted octanol–water partition coefficient (Wildman–Crippen LogP) is 0.00900. The van der Waals surface area contributed by atoms with Gasteiger partial charge in [-0.2, -0.15) is 5.48 Å². The maximum Gasteiger partial charge on any atom is 0.434 e. The van der Waals surface area contributed by atoms with Crippen LogP contribution in [0.5, 0.6) is 0 Å². The van der Waals surface area contributed by atoms with Crippen molar-refractivity contribution in [2.45, 2.75) is 32.4 Å². The number of nitrogens with two attached hydrogens (primary N) is 1. The molecule has 112 valence electrons. The van der Waals surface area contributed by atoms with Crippen LogP contribution in [0.2, 0.25) is 0 Å². The van der Waals surface area contributed by atoms with Crippen molar-refractivity contribution in [2.24, 2.45) is 5.73 Å². The molecule has 0 atom stereocenters. The highest BCUT2D eigenvalue weighted by molar-refractivity contribution is 5.87. The molecule has 0 spiro atoms. The van der Waals surface area contributed by atoms with Gasteiger partial charge in [-0.25, -0.2) is 4.57 Å². The largest absolute Gasteiger partial charge is 0.434 e. The Labute approximate surface area is 116 Å². The van der Waals surface area contributed by atoms with Gasteiger partial charge in [0.2, 0.25) is 0 Å². The second-order valence-corrected chi connectivity index (χ2v) is 4.72. The van der Waals surface area contributed by atoms with Crippen molar-refractivity contribution in [1.82, 2.24) is 15.0 Å². The molecule has 0 saturated heterocycles. The molecule has 0 aliphatic carbocycles. The fourth-order valence-corrected chi connectivity index (χ4v) is 1.53. The number of aromatic nitrogens is 2. The van der Waals surface area contributed by atoms with E-state index >= 15 is 0 Å². The zero-order chi connectivity index (χ0) is 15.2. The van der Waals surface area contributed by atoms with E-state index in [1.165, 1.54) is 17.0 Å². The normalized spacial score (nSPS) is 11.6. The molecule has 0 radical (unpaired) electrons. The van der Waals surface area contributed by atoms with E-state index in [-0.39, 0.29) is 24.7 Å². The van der Waals surface area contributed by atoms with E-state index in [0.29, 0.717) is 13.2 Å². The zero-order valence-corrected chi connectivity index (χ0v) is 11.5. The Bertz CT molecular complexity index is 471. The van der Waals surface area contributed by atoms with Gasteiger partial charge in [0.15, 0.2) is 5.78 Å². The molecular weight excluding hydrogens is 266 g/mol. The minimum atomic E-state index is -0.884. The van der Waals surface area contributed by atoms with Gasteiger partial charge in [-0.3, -0.25) is 9.63 Å². The molecule has 0 aliphatic heterocycles. The second-order valence-electron chi connectivity index (χ2n) is 4.72. The van der Waals surface area contributed by atoms with Crippen LogP contribution in [-0.2, 0) is 16.2 Å². The van der Waals surface area contributed by atoms with Crippen molar-refractivity contribution in [2.75, 3.05) is 13.2 Å². The number of nitro groups is 1. The number of ketones is 1. The first-order valence-electron chi connectivity index (χ1n) is 6.16. The fraction of sp³-hybridized carbons (Fsp3) is 0.636. The molecule has 0 saturated carbocycles. The lowest BCUT2D eigenvalue weighted by molar-refractivity contribution is -0.396. The molecule has 9 heteroatoms. The Kier molecular flexibility index (Phi) is 5.74. The van der Waals surface area contributed by atoms with Gasteiger partial charge in [-0.05, 0) is 18.8 Å². The number of hydroxylamine groups is 1. The van der Waals surface area contributed by atoms with Crippen LogP contribution in [0.4, 0.5) is 5.95 Å². The monoisotopic (exact) mass is 285 g/mol. The van der Waals surface area contributed by atoms with Gasteiger partial charge < -0.3 is 15.8 Å². The number of carbonyl (C=O) groups excluding carboxylic acids is 1. The Morgan fingerprint density at radius 1 is 1.65 bits per heavy atom. The van der Waals surface area contributed by atoms with E-state index < -0.39 is 10.5 Å². The summed E-state index contributed by atoms with van der Waals surface area (Å²) < 4.78 is 1.33. The molecule has 0 bridgehead atoms. The summed E-state index contributed by atoms with van der Waals surface area (Å²) in [5, 5.41) is 10.7. The number of rotatable bonds is 9. The summed E-state index contributed by atoms with van der Waals surface area (Å²) in [5.74, 6) is -0.402. The van der Waals surface area contributed by atoms with Crippen molar-refractivity contribution in [1.29, 1.82) is 0 Å². The summed E-state index contributed by atoms with van der Waals surface area (Å²) in [6.45, 7) is 4.18. The average Bonchev–Trinajstić information content (AvgIpc) is 2.84. The molecule has 0 amide bonds. The SMILES string of the molecule is CC(C)(NOCCN)C(=O)CCn1ccnc1[N+](=O)[O-]. The van der Waals surface area contributed by atoms with Crippen LogP contribution in [-0.4, -0.2) is 38.9 Å². The Hall–Kier alpha value is -1.84. The summed E-state index contributed by atoms with van der Waals surface area (Å²) in [4.78, 5) is 30.8. The van der Waals surface area contributed by atoms with Gasteiger partial charge in [-0.15, -0.1) is 0 Å². The Morgan fingerprint density at radius 3 is 2.95 bits per heavy atom. The van der Waals surface area contributed by atoms with Gasteiger partial charge in [0.25, 0.3) is 0 Å². The number of imidazole rings is 1. The summed E-state index contributed by atoms with van der Waals surface area (Å²) in [6, 6.07) is 0. The first-order valence-corrected chi connectivity index (χ1v) is 6.16. The number of carbonyl (C=O) groups is 1. The standard InChI is InChI=1S/C11H19N5O4/c1-11(2,14-20-8-4-12)9(17)3-6-15-7-5-13-10(15)16(18)19/h5,7,14H,3-4,6,8,12H2,1-2H3. The van der Waals surface area contributed by atoms with Crippen molar-refractivity contribution in [3.05, 3.63) is 22.5 Å². The molecule has 9 nitrogen and oxygen atoms in total. The Morgan fingerprint density at radius 2 is 2.35 bits per heavy atom. The third-order valence-electron chi connectivity index (χ3n) is 2.68. The number of nitrogens with one attached hydrogen (secondary N) is 1. The maximum atomic E-state index is 12.1. The highest BCUT2D eigenvalue weighted by Crippen LogP contribution is 2.12. The summed E-state index contributed by atoms with van der Waals surface area (Å²) in [7, 11) is 0. The number of Topliss-reactive ketones (excluding diaryl/α,β-unsaturated/α-hetero) is 1. The van der Waals surface area contributed by atoms with Gasteiger partial charge in [-0.1, -0.05) is 4.98 Å². The molecule has 0 aliphatic rings. The van der Waals surface area contributed by atoms with E-state index in [0.717, 1.165) is 0 Å². The topological polar surface area (TPSA) is 125 Å². The third kappa shape index (κ3) is 4.37. The molecular formula is C11H19N5O4. The molecule has 3 N–H and O–H groups in total. The minimum Gasteiger partial charge on any atom is -0.390 e. The van der Waals surface area contributed by atoms with Gasteiger partial charge in [0, 0.05) is 13.0 Å². The van der Waals surface area contributed by atoms with Crippen LogP contribution in [0.15, 0.2) is 12.4 Å². The van der Waals surface area contributed by atoms with Crippen LogP contribution in [0, 0.1) is 10.1 Å². The molecule has 0 fully saturated rings. The number of hydrogen-bond donors (Lipinski definition) is 2. The van der Waals surface area contributed by atoms with E-state index in [4.69, 9.17) is 10.6 Å². The third-order valence-corrected chi connectivity index (χ3v) is 2.68. The maximum absolute atomic E-state index is 12.1. The molecule has 1 aromatic heterocycles. The molecule has 1 aromatic rings. The van der Waals surface area contributed by atoms with Gasteiger partial charge >= 0.3 is 5.95 Å². The predicted molar refractivity (Wildman–Crippen MR) is 70.7 cm³/mol. The van der Waals surface area contributed by atoms with E-state index in [9.17, 15) is 14.9 Å². The van der Waals surface area contributed by atoms with Crippen LogP contribution in [0.1, 0.15) is 20.3 Å². The fourth-order valence-electron chi connectivity index (χ4n) is 1.53. The molecule has 20 heavy (non-hydrogen) atoms. The first kappa shape index (κ1) is 16.2. The number of hydrogen-bond acceptors (Lipinski definition) is 7. The molecule has 1 heterocycles. The quantitative estimate of drug-likeness (QED) is 0.372. The van der Waals surface area contributed by atoms with Crippen LogP contribution >= 0.6 is 0 Å². The van der Waals surface area contributed by atoms with Crippen molar-refractivity contribution in [3.8, 4) is 0 Å². The van der Waals surface area contributed by atoms with Crippen molar-refractivity contribution < 1.29 is 14.6 Å². The Balaban J connectivity index is 2.53. The van der Waals surface area contributed by atoms with E-state index in [1.54, 1.807) is 13.8 Å². The molecule has 0 aromatic carbocycles. The molecule has 1 rings (SSSR count). The summed E-state index contributed by atoms with van der Waals surface area (Å²) >= 11 is 0. The highest BCUT2D eigenvalue weighted by Gasteiger charge is 2.28. The second kappa shape index (κ2) is 7.08. The minimum absolute atomic E-state index is 0.127. The number of aryl methyl sites for hydroxylation is 1. The lowest BCUT2D eigenvalue weighted by Crippen LogP contribution is -2.47. The van der Waals surface area contributed by atoms with Crippen LogP contribution in [0.3, 0.4) is 0 Å².